The highest BCUT2D eigenvalue weighted by Crippen LogP contribution is 2.18. The van der Waals surface area contributed by atoms with Gasteiger partial charge in [0.1, 0.15) is 0 Å². The van der Waals surface area contributed by atoms with E-state index in [1.165, 1.54) is 21.8 Å². The Bertz CT molecular complexity index is 555. The molecule has 0 aromatic carbocycles. The molecule has 0 N–H and O–H groups in total. The van der Waals surface area contributed by atoms with Crippen molar-refractivity contribution in [3.05, 3.63) is 40.1 Å². The number of allylic oxidation sites excluding steroid dienone is 3. The van der Waals surface area contributed by atoms with Gasteiger partial charge < -0.3 is 4.57 Å². The van der Waals surface area contributed by atoms with Crippen LogP contribution in [-0.2, 0) is 13.5 Å². The zero-order chi connectivity index (χ0) is 11.7. The van der Waals surface area contributed by atoms with E-state index in [2.05, 4.69) is 49.4 Å². The van der Waals surface area contributed by atoms with E-state index in [1.807, 2.05) is 13.0 Å². The first-order valence-corrected chi connectivity index (χ1v) is 5.83. The quantitative estimate of drug-likeness (QED) is 0.672. The van der Waals surface area contributed by atoms with E-state index in [9.17, 15) is 0 Å². The van der Waals surface area contributed by atoms with Gasteiger partial charge in [-0.1, -0.05) is 31.7 Å². The molecule has 0 saturated heterocycles. The summed E-state index contributed by atoms with van der Waals surface area (Å²) in [5.41, 5.74) is 2.73. The van der Waals surface area contributed by atoms with Crippen LogP contribution in [0.3, 0.4) is 0 Å². The maximum absolute atomic E-state index is 4.22. The summed E-state index contributed by atoms with van der Waals surface area (Å²) >= 11 is 0. The van der Waals surface area contributed by atoms with Crippen LogP contribution in [0.15, 0.2) is 18.2 Å². The molecule has 84 valence electrons. The molecule has 2 rings (SSSR count). The lowest BCUT2D eigenvalue weighted by Crippen LogP contribution is -2.27. The van der Waals surface area contributed by atoms with Crippen LogP contribution in [0.5, 0.6) is 0 Å². The summed E-state index contributed by atoms with van der Waals surface area (Å²) in [6.07, 6.45) is 11.9. The van der Waals surface area contributed by atoms with Crippen LogP contribution in [0.25, 0.3) is 18.7 Å². The van der Waals surface area contributed by atoms with Crippen molar-refractivity contribution in [1.82, 2.24) is 4.57 Å². The number of fused-ring (bicyclic) bond motifs is 1. The summed E-state index contributed by atoms with van der Waals surface area (Å²) in [7, 11) is 2.11. The van der Waals surface area contributed by atoms with Crippen LogP contribution < -0.4 is 10.6 Å². The Morgan fingerprint density at radius 3 is 2.94 bits per heavy atom. The fourth-order valence-corrected chi connectivity index (χ4v) is 2.33. The molecule has 1 aliphatic rings. The molecular formula is C15H19N. The number of hydrogen-bond acceptors (Lipinski definition) is 0. The van der Waals surface area contributed by atoms with Gasteiger partial charge in [0.25, 0.3) is 0 Å². The Morgan fingerprint density at radius 2 is 2.25 bits per heavy atom. The lowest BCUT2D eigenvalue weighted by molar-refractivity contribution is 0.709. The summed E-state index contributed by atoms with van der Waals surface area (Å²) in [4.78, 5) is 0. The van der Waals surface area contributed by atoms with Crippen LogP contribution in [0.1, 0.15) is 25.1 Å². The Balaban J connectivity index is 2.69. The first-order chi connectivity index (χ1) is 7.65. The van der Waals surface area contributed by atoms with Gasteiger partial charge in [-0.2, -0.15) is 0 Å². The minimum Gasteiger partial charge on any atom is -0.344 e. The minimum absolute atomic E-state index is 0.630. The monoisotopic (exact) mass is 213 g/mol. The summed E-state index contributed by atoms with van der Waals surface area (Å²) < 4.78 is 2.24. The molecule has 1 aliphatic carbocycles. The van der Waals surface area contributed by atoms with E-state index in [4.69, 9.17) is 0 Å². The lowest BCUT2D eigenvalue weighted by atomic mass is 9.94. The molecule has 1 heteroatoms. The lowest BCUT2D eigenvalue weighted by Gasteiger charge is -2.12. The van der Waals surface area contributed by atoms with E-state index in [0.29, 0.717) is 5.92 Å². The predicted molar refractivity (Wildman–Crippen MR) is 71.4 cm³/mol. The molecule has 1 aromatic rings. The van der Waals surface area contributed by atoms with Crippen molar-refractivity contribution in [2.75, 3.05) is 0 Å². The Kier molecular flexibility index (Phi) is 2.86. The summed E-state index contributed by atoms with van der Waals surface area (Å²) in [5, 5.41) is 2.41. The molecule has 16 heavy (non-hydrogen) atoms. The van der Waals surface area contributed by atoms with Gasteiger partial charge in [-0.25, -0.2) is 0 Å². The zero-order valence-corrected chi connectivity index (χ0v) is 10.3. The third-order valence-corrected chi connectivity index (χ3v) is 3.26. The molecular weight excluding hydrogens is 194 g/mol. The molecule has 1 heterocycles. The van der Waals surface area contributed by atoms with Gasteiger partial charge in [0.15, 0.2) is 0 Å². The molecule has 0 fully saturated rings. The Labute approximate surface area is 97.1 Å². The van der Waals surface area contributed by atoms with Crippen LogP contribution in [0.4, 0.5) is 0 Å². The Morgan fingerprint density at radius 1 is 1.50 bits per heavy atom. The second-order valence-corrected chi connectivity index (χ2v) is 4.52. The van der Waals surface area contributed by atoms with Crippen molar-refractivity contribution in [2.45, 2.75) is 20.3 Å². The highest BCUT2D eigenvalue weighted by Gasteiger charge is 2.15. The van der Waals surface area contributed by atoms with E-state index >= 15 is 0 Å². The maximum atomic E-state index is 4.22. The molecule has 0 saturated carbocycles. The highest BCUT2D eigenvalue weighted by molar-refractivity contribution is 5.56. The van der Waals surface area contributed by atoms with E-state index in [1.54, 1.807) is 0 Å². The van der Waals surface area contributed by atoms with E-state index in [-0.39, 0.29) is 0 Å². The molecule has 1 nitrogen and oxygen atoms in total. The second-order valence-electron chi connectivity index (χ2n) is 4.52. The predicted octanol–water partition coefficient (Wildman–Crippen LogP) is 2.00. The minimum atomic E-state index is 0.630. The van der Waals surface area contributed by atoms with Gasteiger partial charge in [-0.05, 0) is 42.2 Å². The van der Waals surface area contributed by atoms with Gasteiger partial charge >= 0.3 is 0 Å². The van der Waals surface area contributed by atoms with Crippen LogP contribution in [0, 0.1) is 5.92 Å². The zero-order valence-electron chi connectivity index (χ0n) is 10.3. The first-order valence-electron chi connectivity index (χ1n) is 5.83. The standard InChI is InChI=1S/C15H19N/c1-5-6-7-14-12(3)13-10-11(2)8-9-15(13)16(14)4/h5-9,11H,3,10H2,1-2,4H3/b6-5-,14-7+. The smallest absolute Gasteiger partial charge is 0.0479 e. The average Bonchev–Trinajstić information content (AvgIpc) is 2.50. The van der Waals surface area contributed by atoms with Gasteiger partial charge in [0, 0.05) is 18.1 Å². The van der Waals surface area contributed by atoms with Crippen LogP contribution in [0.2, 0.25) is 0 Å². The number of rotatable bonds is 1. The van der Waals surface area contributed by atoms with Gasteiger partial charge in [-0.3, -0.25) is 0 Å². The molecule has 0 radical (unpaired) electrons. The number of hydrogen-bond donors (Lipinski definition) is 0. The van der Waals surface area contributed by atoms with Crippen molar-refractivity contribution in [1.29, 1.82) is 0 Å². The fourth-order valence-electron chi connectivity index (χ4n) is 2.33. The normalized spacial score (nSPS) is 20.7. The number of aromatic nitrogens is 1. The molecule has 1 unspecified atom stereocenters. The van der Waals surface area contributed by atoms with Gasteiger partial charge in [0.05, 0.1) is 0 Å². The second kappa shape index (κ2) is 4.17. The summed E-state index contributed by atoms with van der Waals surface area (Å²) in [6.45, 7) is 8.51. The van der Waals surface area contributed by atoms with E-state index < -0.39 is 0 Å². The Hall–Kier alpha value is -1.50. The SMILES string of the molecule is C=c1c2c(n(C)/c1=C/C=C\C)C=CC(C)C2. The molecule has 0 amide bonds. The van der Waals surface area contributed by atoms with Crippen molar-refractivity contribution in [3.63, 3.8) is 0 Å². The van der Waals surface area contributed by atoms with Crippen molar-refractivity contribution in [3.8, 4) is 0 Å². The molecule has 1 atom stereocenters. The summed E-state index contributed by atoms with van der Waals surface area (Å²) in [5.74, 6) is 0.630. The van der Waals surface area contributed by atoms with Crippen molar-refractivity contribution >= 4 is 18.7 Å². The fraction of sp³-hybridized carbons (Fsp3) is 0.333. The average molecular weight is 213 g/mol. The van der Waals surface area contributed by atoms with Gasteiger partial charge in [0.2, 0.25) is 0 Å². The third kappa shape index (κ3) is 1.67. The molecule has 0 spiro atoms. The highest BCUT2D eigenvalue weighted by atomic mass is 14.9. The molecule has 0 aliphatic heterocycles. The third-order valence-electron chi connectivity index (χ3n) is 3.26. The summed E-state index contributed by atoms with van der Waals surface area (Å²) in [6, 6.07) is 0. The molecule has 1 aromatic heterocycles. The maximum Gasteiger partial charge on any atom is 0.0479 e. The first kappa shape index (κ1) is 11.0. The largest absolute Gasteiger partial charge is 0.344 e. The topological polar surface area (TPSA) is 4.93 Å². The van der Waals surface area contributed by atoms with Crippen molar-refractivity contribution in [2.24, 2.45) is 13.0 Å². The van der Waals surface area contributed by atoms with Crippen molar-refractivity contribution < 1.29 is 0 Å². The van der Waals surface area contributed by atoms with Crippen LogP contribution >= 0.6 is 0 Å². The molecule has 0 bridgehead atoms. The van der Waals surface area contributed by atoms with Crippen LogP contribution in [-0.4, -0.2) is 4.57 Å². The number of nitrogens with zero attached hydrogens (tertiary/aromatic N) is 1. The van der Waals surface area contributed by atoms with Gasteiger partial charge in [-0.15, -0.1) is 0 Å². The van der Waals surface area contributed by atoms with E-state index in [0.717, 1.165) is 6.42 Å².